The number of nitrogens with zero attached hydrogens (tertiary/aromatic N) is 7. The van der Waals surface area contributed by atoms with Crippen LogP contribution < -0.4 is 25.6 Å². The molecule has 0 bridgehead atoms. The fourth-order valence-electron chi connectivity index (χ4n) is 7.72. The molecule has 0 saturated carbocycles. The number of benzene rings is 2. The first kappa shape index (κ1) is 31.5. The smallest absolute Gasteiger partial charge is 0.229 e. The number of methoxy groups -OCH3 is 1. The Labute approximate surface area is 281 Å². The van der Waals surface area contributed by atoms with E-state index in [-0.39, 0.29) is 0 Å². The Morgan fingerprint density at radius 3 is 2.54 bits per heavy atom. The van der Waals surface area contributed by atoms with Crippen LogP contribution in [0.2, 0.25) is 0 Å². The van der Waals surface area contributed by atoms with Gasteiger partial charge in [-0.1, -0.05) is 7.92 Å². The summed E-state index contributed by atoms with van der Waals surface area (Å²) in [4.78, 5) is 26.5. The van der Waals surface area contributed by atoms with Crippen molar-refractivity contribution in [1.82, 2.24) is 29.7 Å². The Morgan fingerprint density at radius 2 is 1.76 bits per heavy atom. The van der Waals surface area contributed by atoms with E-state index in [0.717, 1.165) is 63.0 Å². The molecule has 2 aromatic heterocycles. The van der Waals surface area contributed by atoms with Crippen molar-refractivity contribution in [3.63, 3.8) is 0 Å². The van der Waals surface area contributed by atoms with Gasteiger partial charge in [0, 0.05) is 79.6 Å². The van der Waals surface area contributed by atoms with Gasteiger partial charge in [-0.3, -0.25) is 14.9 Å². The van der Waals surface area contributed by atoms with Gasteiger partial charge in [-0.15, -0.1) is 0 Å². The third-order valence-electron chi connectivity index (χ3n) is 9.87. The lowest BCUT2D eigenvalue weighted by molar-refractivity contribution is 0.146. The van der Waals surface area contributed by atoms with Crippen molar-refractivity contribution in [2.45, 2.75) is 38.3 Å². The quantitative estimate of drug-likeness (QED) is 0.214. The number of nitrogens with one attached hydrogen (secondary N) is 2. The molecule has 0 radical (unpaired) electrons. The standard InChI is InChI=1S/C34H43BrN9OP/c1-21-16-27(30(45-3)17-28(21)43-13-9-23(10-14-43)44-15-8-22-19-42(2)20-29(22)44)40-34-38-18-24(35)33(41-34)39-26-7-6-25-31(32(26)46(4)5)37-12-11-36-25/h6-7,11-12,16-18,22-23,29H,8-10,13-15,19-20H2,1-5H3,(H2,38,39,40,41). The molecule has 46 heavy (non-hydrogen) atoms. The molecule has 5 heterocycles. The summed E-state index contributed by atoms with van der Waals surface area (Å²) in [6, 6.07) is 9.82. The summed E-state index contributed by atoms with van der Waals surface area (Å²) in [5.41, 5.74) is 6.06. The molecule has 3 saturated heterocycles. The van der Waals surface area contributed by atoms with E-state index in [9.17, 15) is 0 Å². The Hall–Kier alpha value is -3.11. The number of aryl methyl sites for hydroxylation is 1. The second-order valence-electron chi connectivity index (χ2n) is 13.1. The van der Waals surface area contributed by atoms with Crippen LogP contribution >= 0.6 is 23.9 Å². The van der Waals surface area contributed by atoms with Crippen LogP contribution in [0.1, 0.15) is 24.8 Å². The molecule has 3 aliphatic heterocycles. The van der Waals surface area contributed by atoms with Crippen molar-refractivity contribution in [3.8, 4) is 5.75 Å². The highest BCUT2D eigenvalue weighted by Crippen LogP contribution is 2.39. The van der Waals surface area contributed by atoms with E-state index in [4.69, 9.17) is 9.72 Å². The molecule has 2 unspecified atom stereocenters. The lowest BCUT2D eigenvalue weighted by atomic mass is 9.99. The number of halogens is 1. The minimum Gasteiger partial charge on any atom is -0.494 e. The van der Waals surface area contributed by atoms with Crippen molar-refractivity contribution in [2.75, 3.05) is 75.7 Å². The fraction of sp³-hybridized carbons (Fsp3) is 0.471. The summed E-state index contributed by atoms with van der Waals surface area (Å²) in [7, 11) is 3.54. The molecule has 10 nitrogen and oxygen atoms in total. The van der Waals surface area contributed by atoms with Gasteiger partial charge in [-0.2, -0.15) is 4.98 Å². The molecule has 4 aromatic rings. The Bertz CT molecular complexity index is 1730. The van der Waals surface area contributed by atoms with Gasteiger partial charge in [0.15, 0.2) is 0 Å². The SMILES string of the molecule is COc1cc(N2CCC(N3CCC4CN(C)CC43)CC2)c(C)cc1Nc1ncc(Br)c(Nc2ccc3nccnc3c2P(C)C)n1. The van der Waals surface area contributed by atoms with Gasteiger partial charge in [0.25, 0.3) is 0 Å². The van der Waals surface area contributed by atoms with E-state index in [1.165, 1.54) is 50.1 Å². The molecule has 0 amide bonds. The average molecular weight is 705 g/mol. The number of aromatic nitrogens is 4. The zero-order valence-corrected chi connectivity index (χ0v) is 29.8. The first-order valence-corrected chi connectivity index (χ1v) is 19.2. The zero-order valence-electron chi connectivity index (χ0n) is 27.3. The number of rotatable bonds is 8. The van der Waals surface area contributed by atoms with Crippen LogP contribution in [0.5, 0.6) is 5.75 Å². The van der Waals surface area contributed by atoms with Gasteiger partial charge >= 0.3 is 0 Å². The minimum atomic E-state index is -0.462. The predicted molar refractivity (Wildman–Crippen MR) is 193 cm³/mol. The largest absolute Gasteiger partial charge is 0.494 e. The lowest BCUT2D eigenvalue weighted by Crippen LogP contribution is -2.48. The molecule has 2 atom stereocenters. The summed E-state index contributed by atoms with van der Waals surface area (Å²) >= 11 is 3.65. The molecule has 0 aliphatic carbocycles. The molecule has 3 fully saturated rings. The number of anilines is 5. The van der Waals surface area contributed by atoms with Gasteiger partial charge in [0.1, 0.15) is 11.6 Å². The van der Waals surface area contributed by atoms with E-state index in [1.54, 1.807) is 25.7 Å². The molecule has 7 rings (SSSR count). The number of hydrogen-bond acceptors (Lipinski definition) is 10. The molecular weight excluding hydrogens is 661 g/mol. The second-order valence-corrected chi connectivity index (χ2v) is 16.1. The van der Waals surface area contributed by atoms with Crippen LogP contribution in [-0.4, -0.2) is 102 Å². The number of likely N-dealkylation sites (tertiary alicyclic amines) is 2. The monoisotopic (exact) mass is 703 g/mol. The summed E-state index contributed by atoms with van der Waals surface area (Å²) in [6.07, 6.45) is 9.02. The molecule has 2 N–H and O–H groups in total. The van der Waals surface area contributed by atoms with Crippen molar-refractivity contribution in [3.05, 3.63) is 52.9 Å². The van der Waals surface area contributed by atoms with E-state index in [2.05, 4.69) is 102 Å². The highest BCUT2D eigenvalue weighted by molar-refractivity contribution is 9.10. The first-order chi connectivity index (χ1) is 22.3. The van der Waals surface area contributed by atoms with Crippen LogP contribution in [0.25, 0.3) is 11.0 Å². The topological polar surface area (TPSA) is 94.6 Å². The van der Waals surface area contributed by atoms with Crippen LogP contribution in [0.4, 0.5) is 28.8 Å². The van der Waals surface area contributed by atoms with Gasteiger partial charge in [0.05, 0.1) is 28.3 Å². The summed E-state index contributed by atoms with van der Waals surface area (Å²) in [5, 5.41) is 8.13. The maximum absolute atomic E-state index is 5.90. The number of piperidine rings is 1. The maximum atomic E-state index is 5.90. The summed E-state index contributed by atoms with van der Waals surface area (Å²) < 4.78 is 6.67. The molecule has 242 valence electrons. The highest BCUT2D eigenvalue weighted by atomic mass is 79.9. The van der Waals surface area contributed by atoms with Crippen molar-refractivity contribution >= 4 is 69.0 Å². The first-order valence-electron chi connectivity index (χ1n) is 16.1. The van der Waals surface area contributed by atoms with E-state index in [1.807, 2.05) is 6.07 Å². The Balaban J connectivity index is 1.07. The zero-order chi connectivity index (χ0) is 31.9. The van der Waals surface area contributed by atoms with Gasteiger partial charge < -0.3 is 25.2 Å². The molecule has 3 aliphatic rings. The number of likely N-dealkylation sites (N-methyl/N-ethyl adjacent to an activating group) is 1. The Kier molecular flexibility index (Phi) is 9.02. The van der Waals surface area contributed by atoms with E-state index < -0.39 is 7.92 Å². The minimum absolute atomic E-state index is 0.462. The number of fused-ring (bicyclic) bond motifs is 2. The fourth-order valence-corrected chi connectivity index (χ4v) is 9.22. The van der Waals surface area contributed by atoms with Crippen molar-refractivity contribution in [1.29, 1.82) is 0 Å². The highest BCUT2D eigenvalue weighted by Gasteiger charge is 2.43. The predicted octanol–water partition coefficient (Wildman–Crippen LogP) is 5.96. The van der Waals surface area contributed by atoms with Crippen LogP contribution in [-0.2, 0) is 0 Å². The van der Waals surface area contributed by atoms with Crippen molar-refractivity contribution in [2.24, 2.45) is 5.92 Å². The van der Waals surface area contributed by atoms with Crippen LogP contribution in [0, 0.1) is 12.8 Å². The third kappa shape index (κ3) is 6.15. The summed E-state index contributed by atoms with van der Waals surface area (Å²) in [5.74, 6) is 2.79. The average Bonchev–Trinajstić information content (AvgIpc) is 3.61. The van der Waals surface area contributed by atoms with E-state index in [0.29, 0.717) is 17.8 Å². The van der Waals surface area contributed by atoms with Gasteiger partial charge in [-0.05, 0) is 98.7 Å². The van der Waals surface area contributed by atoms with Gasteiger partial charge in [-0.25, -0.2) is 4.98 Å². The van der Waals surface area contributed by atoms with Crippen molar-refractivity contribution < 1.29 is 4.74 Å². The lowest BCUT2D eigenvalue weighted by Gasteiger charge is -2.40. The van der Waals surface area contributed by atoms with Crippen LogP contribution in [0.3, 0.4) is 0 Å². The van der Waals surface area contributed by atoms with E-state index >= 15 is 0 Å². The van der Waals surface area contributed by atoms with Crippen LogP contribution in [0.15, 0.2) is 47.3 Å². The molecule has 2 aromatic carbocycles. The maximum Gasteiger partial charge on any atom is 0.229 e. The number of ether oxygens (including phenoxy) is 1. The van der Waals surface area contributed by atoms with Gasteiger partial charge in [0.2, 0.25) is 5.95 Å². The normalized spacial score (nSPS) is 20.9. The second kappa shape index (κ2) is 13.2. The third-order valence-corrected chi connectivity index (χ3v) is 11.8. The number of hydrogen-bond donors (Lipinski definition) is 2. The Morgan fingerprint density at radius 1 is 0.957 bits per heavy atom. The molecule has 12 heteroatoms. The molecule has 0 spiro atoms. The molecular formula is C34H43BrN9OP. The summed E-state index contributed by atoms with van der Waals surface area (Å²) in [6.45, 7) is 12.5.